The first-order valence-corrected chi connectivity index (χ1v) is 6.18. The second-order valence-electron chi connectivity index (χ2n) is 4.34. The van der Waals surface area contributed by atoms with E-state index in [9.17, 15) is 0 Å². The molecule has 86 valence electrons. The summed E-state index contributed by atoms with van der Waals surface area (Å²) in [7, 11) is 0. The van der Waals surface area contributed by atoms with Crippen LogP contribution in [0, 0.1) is 11.3 Å². The monoisotopic (exact) mass is 209 g/mol. The van der Waals surface area contributed by atoms with E-state index in [0.29, 0.717) is 6.54 Å². The van der Waals surface area contributed by atoms with Gasteiger partial charge < -0.3 is 4.90 Å². The summed E-state index contributed by atoms with van der Waals surface area (Å²) in [6.07, 6.45) is 5.39. The van der Waals surface area contributed by atoms with Crippen LogP contribution < -0.4 is 0 Å². The molecule has 3 nitrogen and oxygen atoms in total. The normalized spacial score (nSPS) is 18.9. The number of unbranched alkanes of at least 4 members (excludes halogenated alkanes) is 3. The van der Waals surface area contributed by atoms with Gasteiger partial charge in [-0.05, 0) is 13.0 Å². The van der Waals surface area contributed by atoms with Gasteiger partial charge in [0, 0.05) is 26.2 Å². The van der Waals surface area contributed by atoms with E-state index in [1.165, 1.54) is 32.2 Å². The van der Waals surface area contributed by atoms with Gasteiger partial charge in [-0.2, -0.15) is 5.26 Å². The van der Waals surface area contributed by atoms with Gasteiger partial charge in [0.05, 0.1) is 12.6 Å². The van der Waals surface area contributed by atoms with Crippen molar-refractivity contribution in [3.05, 3.63) is 0 Å². The summed E-state index contributed by atoms with van der Waals surface area (Å²) in [5.41, 5.74) is 0. The number of rotatable bonds is 6. The highest BCUT2D eigenvalue weighted by Crippen LogP contribution is 2.05. The molecule has 0 aliphatic carbocycles. The first-order chi connectivity index (χ1) is 7.36. The van der Waals surface area contributed by atoms with Gasteiger partial charge in [-0.3, -0.25) is 4.90 Å². The van der Waals surface area contributed by atoms with Crippen molar-refractivity contribution in [2.45, 2.75) is 32.6 Å². The molecule has 0 spiro atoms. The van der Waals surface area contributed by atoms with Gasteiger partial charge in [-0.25, -0.2) is 0 Å². The Balaban J connectivity index is 2.02. The summed E-state index contributed by atoms with van der Waals surface area (Å²) in [6.45, 7) is 8.54. The predicted octanol–water partition coefficient (Wildman–Crippen LogP) is 1.71. The van der Waals surface area contributed by atoms with Crippen LogP contribution in [0.3, 0.4) is 0 Å². The Labute approximate surface area is 93.7 Å². The highest BCUT2D eigenvalue weighted by molar-refractivity contribution is 4.80. The van der Waals surface area contributed by atoms with Crippen molar-refractivity contribution in [2.24, 2.45) is 0 Å². The van der Waals surface area contributed by atoms with Crippen LogP contribution in [0.25, 0.3) is 0 Å². The number of nitriles is 1. The molecule has 0 N–H and O–H groups in total. The smallest absolute Gasteiger partial charge is 0.0866 e. The lowest BCUT2D eigenvalue weighted by atomic mass is 10.2. The lowest BCUT2D eigenvalue weighted by molar-refractivity contribution is 0.142. The first kappa shape index (κ1) is 12.5. The molecule has 15 heavy (non-hydrogen) atoms. The van der Waals surface area contributed by atoms with E-state index in [1.54, 1.807) is 0 Å². The average molecular weight is 209 g/mol. The van der Waals surface area contributed by atoms with Crippen molar-refractivity contribution in [3.63, 3.8) is 0 Å². The molecule has 0 atom stereocenters. The minimum absolute atomic E-state index is 0.601. The van der Waals surface area contributed by atoms with Crippen LogP contribution >= 0.6 is 0 Å². The highest BCUT2D eigenvalue weighted by atomic mass is 15.3. The molecule has 0 aromatic heterocycles. The Morgan fingerprint density at radius 2 is 1.67 bits per heavy atom. The maximum atomic E-state index is 8.58. The van der Waals surface area contributed by atoms with Gasteiger partial charge in [0.15, 0.2) is 0 Å². The van der Waals surface area contributed by atoms with Crippen LogP contribution in [0.15, 0.2) is 0 Å². The fourth-order valence-corrected chi connectivity index (χ4v) is 2.03. The molecule has 0 unspecified atom stereocenters. The number of piperazine rings is 1. The average Bonchev–Trinajstić information content (AvgIpc) is 2.27. The third kappa shape index (κ3) is 5.15. The molecule has 0 saturated carbocycles. The van der Waals surface area contributed by atoms with E-state index in [4.69, 9.17) is 5.26 Å². The summed E-state index contributed by atoms with van der Waals surface area (Å²) in [5.74, 6) is 0. The molecule has 0 aromatic rings. The predicted molar refractivity (Wildman–Crippen MR) is 62.6 cm³/mol. The Hall–Kier alpha value is -0.590. The Bertz CT molecular complexity index is 190. The molecule has 0 amide bonds. The van der Waals surface area contributed by atoms with Gasteiger partial charge >= 0.3 is 0 Å². The number of nitrogens with zero attached hydrogens (tertiary/aromatic N) is 3. The van der Waals surface area contributed by atoms with E-state index >= 15 is 0 Å². The summed E-state index contributed by atoms with van der Waals surface area (Å²) in [4.78, 5) is 4.77. The zero-order valence-electron chi connectivity index (χ0n) is 9.91. The second kappa shape index (κ2) is 7.67. The Kier molecular flexibility index (Phi) is 6.38. The third-order valence-electron chi connectivity index (χ3n) is 3.09. The largest absolute Gasteiger partial charge is 0.301 e. The molecular formula is C12H23N3. The molecule has 1 aliphatic heterocycles. The Morgan fingerprint density at radius 1 is 1.00 bits per heavy atom. The van der Waals surface area contributed by atoms with E-state index in [-0.39, 0.29) is 0 Å². The van der Waals surface area contributed by atoms with E-state index in [1.807, 2.05) is 0 Å². The molecule has 1 heterocycles. The minimum Gasteiger partial charge on any atom is -0.301 e. The molecule has 1 saturated heterocycles. The molecule has 0 aromatic carbocycles. The van der Waals surface area contributed by atoms with Crippen LogP contribution in [-0.2, 0) is 0 Å². The molecule has 0 bridgehead atoms. The maximum absolute atomic E-state index is 8.58. The van der Waals surface area contributed by atoms with Crippen molar-refractivity contribution in [3.8, 4) is 6.07 Å². The van der Waals surface area contributed by atoms with Crippen molar-refractivity contribution in [2.75, 3.05) is 39.3 Å². The molecule has 3 heteroatoms. The van der Waals surface area contributed by atoms with Crippen molar-refractivity contribution >= 4 is 0 Å². The SMILES string of the molecule is CCCCCCN1CCN(CC#N)CC1. The summed E-state index contributed by atoms with van der Waals surface area (Å²) in [6, 6.07) is 2.22. The molecule has 0 radical (unpaired) electrons. The minimum atomic E-state index is 0.601. The lowest BCUT2D eigenvalue weighted by Gasteiger charge is -2.33. The number of hydrogen-bond donors (Lipinski definition) is 0. The highest BCUT2D eigenvalue weighted by Gasteiger charge is 2.15. The van der Waals surface area contributed by atoms with Gasteiger partial charge in [0.2, 0.25) is 0 Å². The van der Waals surface area contributed by atoms with Crippen LogP contribution in [0.1, 0.15) is 32.6 Å². The fourth-order valence-electron chi connectivity index (χ4n) is 2.03. The lowest BCUT2D eigenvalue weighted by Crippen LogP contribution is -2.46. The van der Waals surface area contributed by atoms with Crippen LogP contribution in [0.2, 0.25) is 0 Å². The van der Waals surface area contributed by atoms with Crippen LogP contribution in [-0.4, -0.2) is 49.1 Å². The van der Waals surface area contributed by atoms with E-state index in [0.717, 1.165) is 26.2 Å². The fraction of sp³-hybridized carbons (Fsp3) is 0.917. The number of hydrogen-bond acceptors (Lipinski definition) is 3. The van der Waals surface area contributed by atoms with E-state index in [2.05, 4.69) is 22.8 Å². The standard InChI is InChI=1S/C12H23N3/c1-2-3-4-5-7-14-9-11-15(8-6-13)12-10-14/h2-5,7-12H2,1H3. The van der Waals surface area contributed by atoms with Crippen LogP contribution in [0.5, 0.6) is 0 Å². The molecule has 1 rings (SSSR count). The van der Waals surface area contributed by atoms with Gasteiger partial charge in [0.1, 0.15) is 0 Å². The molecule has 1 aliphatic rings. The zero-order valence-corrected chi connectivity index (χ0v) is 9.91. The maximum Gasteiger partial charge on any atom is 0.0866 e. The van der Waals surface area contributed by atoms with Gasteiger partial charge in [0.25, 0.3) is 0 Å². The topological polar surface area (TPSA) is 30.3 Å². The van der Waals surface area contributed by atoms with Gasteiger partial charge in [-0.15, -0.1) is 0 Å². The van der Waals surface area contributed by atoms with Crippen molar-refractivity contribution < 1.29 is 0 Å². The van der Waals surface area contributed by atoms with Crippen molar-refractivity contribution in [1.29, 1.82) is 5.26 Å². The second-order valence-corrected chi connectivity index (χ2v) is 4.34. The van der Waals surface area contributed by atoms with Gasteiger partial charge in [-0.1, -0.05) is 26.2 Å². The summed E-state index contributed by atoms with van der Waals surface area (Å²) in [5, 5.41) is 8.58. The Morgan fingerprint density at radius 3 is 2.27 bits per heavy atom. The molecule has 1 fully saturated rings. The summed E-state index contributed by atoms with van der Waals surface area (Å²) >= 11 is 0. The van der Waals surface area contributed by atoms with E-state index < -0.39 is 0 Å². The zero-order chi connectivity index (χ0) is 10.9. The quantitative estimate of drug-likeness (QED) is 0.493. The van der Waals surface area contributed by atoms with Crippen molar-refractivity contribution in [1.82, 2.24) is 9.80 Å². The first-order valence-electron chi connectivity index (χ1n) is 6.18. The molecular weight excluding hydrogens is 186 g/mol. The van der Waals surface area contributed by atoms with Crippen LogP contribution in [0.4, 0.5) is 0 Å². The third-order valence-corrected chi connectivity index (χ3v) is 3.09. The summed E-state index contributed by atoms with van der Waals surface area (Å²) < 4.78 is 0.